The number of anilines is 1. The Kier molecular flexibility index (Phi) is 6.14. The van der Waals surface area contributed by atoms with E-state index < -0.39 is 18.1 Å². The monoisotopic (exact) mass is 432 g/mol. The molecule has 2 aromatic carbocycles. The molecule has 0 bridgehead atoms. The van der Waals surface area contributed by atoms with E-state index in [0.717, 1.165) is 11.4 Å². The topological polar surface area (TPSA) is 81.2 Å². The molecule has 0 spiro atoms. The normalized spacial score (nSPS) is 17.8. The SMILES string of the molecule is Cl.O=C(O)C1Cc2[nH]cnc2C(c2ccc(F)cc2)N1C(=S)Nc1ccccc1. The highest BCUT2D eigenvalue weighted by Gasteiger charge is 2.42. The third-order valence-corrected chi connectivity index (χ3v) is 5.07. The molecule has 0 amide bonds. The highest BCUT2D eigenvalue weighted by Crippen LogP contribution is 2.37. The molecule has 0 radical (unpaired) electrons. The molecule has 2 heterocycles. The fraction of sp³-hybridized carbons (Fsp3) is 0.150. The van der Waals surface area contributed by atoms with Crippen molar-refractivity contribution >= 4 is 41.4 Å². The van der Waals surface area contributed by atoms with Gasteiger partial charge in [0.1, 0.15) is 17.9 Å². The number of aromatic nitrogens is 2. The highest BCUT2D eigenvalue weighted by molar-refractivity contribution is 7.80. The number of aliphatic carboxylic acids is 1. The molecule has 0 fully saturated rings. The lowest BCUT2D eigenvalue weighted by Crippen LogP contribution is -2.53. The molecular weight excluding hydrogens is 415 g/mol. The average Bonchev–Trinajstić information content (AvgIpc) is 3.16. The molecule has 1 aliphatic heterocycles. The number of carbonyl (C=O) groups is 1. The minimum atomic E-state index is -0.996. The summed E-state index contributed by atoms with van der Waals surface area (Å²) in [6.45, 7) is 0. The first-order valence-electron chi connectivity index (χ1n) is 8.69. The van der Waals surface area contributed by atoms with Crippen LogP contribution in [0, 0.1) is 5.82 Å². The van der Waals surface area contributed by atoms with Crippen molar-refractivity contribution in [3.8, 4) is 0 Å². The number of rotatable bonds is 3. The smallest absolute Gasteiger partial charge is 0.326 e. The summed E-state index contributed by atoms with van der Waals surface area (Å²) in [5, 5.41) is 13.3. The zero-order valence-electron chi connectivity index (χ0n) is 15.1. The number of aromatic amines is 1. The second-order valence-corrected chi connectivity index (χ2v) is 6.87. The second-order valence-electron chi connectivity index (χ2n) is 6.48. The number of para-hydroxylation sites is 1. The molecule has 0 saturated heterocycles. The number of nitrogens with zero attached hydrogens (tertiary/aromatic N) is 2. The molecule has 0 aliphatic carbocycles. The van der Waals surface area contributed by atoms with Gasteiger partial charge in [-0.15, -0.1) is 12.4 Å². The van der Waals surface area contributed by atoms with E-state index in [1.165, 1.54) is 18.5 Å². The van der Waals surface area contributed by atoms with E-state index in [2.05, 4.69) is 15.3 Å². The zero-order chi connectivity index (χ0) is 19.7. The van der Waals surface area contributed by atoms with Gasteiger partial charge in [0, 0.05) is 17.8 Å². The van der Waals surface area contributed by atoms with Gasteiger partial charge in [0.2, 0.25) is 0 Å². The Morgan fingerprint density at radius 3 is 2.55 bits per heavy atom. The number of carboxylic acids is 1. The van der Waals surface area contributed by atoms with Crippen LogP contribution in [0.15, 0.2) is 60.9 Å². The lowest BCUT2D eigenvalue weighted by molar-refractivity contribution is -0.142. The number of benzene rings is 2. The lowest BCUT2D eigenvalue weighted by Gasteiger charge is -2.41. The van der Waals surface area contributed by atoms with E-state index in [1.807, 2.05) is 30.3 Å². The minimum Gasteiger partial charge on any atom is -0.480 e. The first-order valence-corrected chi connectivity index (χ1v) is 9.10. The van der Waals surface area contributed by atoms with Gasteiger partial charge in [-0.25, -0.2) is 14.2 Å². The molecule has 9 heteroatoms. The number of halogens is 2. The van der Waals surface area contributed by atoms with Gasteiger partial charge in [0.25, 0.3) is 0 Å². The maximum atomic E-state index is 13.5. The maximum Gasteiger partial charge on any atom is 0.326 e. The van der Waals surface area contributed by atoms with Crippen LogP contribution in [0.25, 0.3) is 0 Å². The molecule has 1 aliphatic rings. The Balaban J connectivity index is 0.00000240. The van der Waals surface area contributed by atoms with Gasteiger partial charge in [0.15, 0.2) is 5.11 Å². The first kappa shape index (κ1) is 20.8. The summed E-state index contributed by atoms with van der Waals surface area (Å²) in [6.07, 6.45) is 1.77. The molecule has 150 valence electrons. The lowest BCUT2D eigenvalue weighted by atomic mass is 9.91. The fourth-order valence-electron chi connectivity index (χ4n) is 3.47. The van der Waals surface area contributed by atoms with Crippen LogP contribution in [0.2, 0.25) is 0 Å². The number of H-pyrrole nitrogens is 1. The van der Waals surface area contributed by atoms with Crippen molar-refractivity contribution in [2.24, 2.45) is 0 Å². The van der Waals surface area contributed by atoms with Crippen LogP contribution in [0.3, 0.4) is 0 Å². The van der Waals surface area contributed by atoms with E-state index in [1.54, 1.807) is 17.0 Å². The number of hydrogen-bond acceptors (Lipinski definition) is 3. The Labute approximate surface area is 178 Å². The predicted molar refractivity (Wildman–Crippen MR) is 114 cm³/mol. The number of fused-ring (bicyclic) bond motifs is 1. The summed E-state index contributed by atoms with van der Waals surface area (Å²) < 4.78 is 13.5. The average molecular weight is 433 g/mol. The van der Waals surface area contributed by atoms with E-state index in [4.69, 9.17) is 12.2 Å². The van der Waals surface area contributed by atoms with Crippen LogP contribution in [-0.4, -0.2) is 37.1 Å². The van der Waals surface area contributed by atoms with Crippen molar-refractivity contribution in [1.82, 2.24) is 14.9 Å². The zero-order valence-corrected chi connectivity index (χ0v) is 16.7. The maximum absolute atomic E-state index is 13.5. The Hall–Kier alpha value is -2.97. The Morgan fingerprint density at radius 2 is 1.90 bits per heavy atom. The largest absolute Gasteiger partial charge is 0.480 e. The third kappa shape index (κ3) is 4.08. The number of hydrogen-bond donors (Lipinski definition) is 3. The van der Waals surface area contributed by atoms with Crippen molar-refractivity contribution in [3.63, 3.8) is 0 Å². The standard InChI is InChI=1S/C20H17FN4O2S.ClH/c21-13-8-6-12(7-9-13)18-17-15(22-11-23-17)10-16(19(26)27)25(18)20(28)24-14-4-2-1-3-5-14;/h1-9,11,16,18H,10H2,(H,22,23)(H,24,28)(H,26,27);1H. The third-order valence-electron chi connectivity index (χ3n) is 4.75. The number of thiocarbonyl (C=S) groups is 1. The first-order chi connectivity index (χ1) is 13.5. The molecule has 2 atom stereocenters. The van der Waals surface area contributed by atoms with Gasteiger partial charge < -0.3 is 20.3 Å². The van der Waals surface area contributed by atoms with Crippen molar-refractivity contribution in [2.75, 3.05) is 5.32 Å². The molecule has 2 unspecified atom stereocenters. The summed E-state index contributed by atoms with van der Waals surface area (Å²) in [5.41, 5.74) is 2.88. The van der Waals surface area contributed by atoms with Crippen LogP contribution in [0.5, 0.6) is 0 Å². The van der Waals surface area contributed by atoms with Gasteiger partial charge in [-0.3, -0.25) is 0 Å². The summed E-state index contributed by atoms with van der Waals surface area (Å²) >= 11 is 5.60. The predicted octanol–water partition coefficient (Wildman–Crippen LogP) is 3.77. The summed E-state index contributed by atoms with van der Waals surface area (Å²) in [6, 6.07) is 13.8. The van der Waals surface area contributed by atoms with Gasteiger partial charge in [-0.2, -0.15) is 0 Å². The Bertz CT molecular complexity index is 1010. The van der Waals surface area contributed by atoms with E-state index in [9.17, 15) is 14.3 Å². The van der Waals surface area contributed by atoms with Crippen molar-refractivity contribution in [2.45, 2.75) is 18.5 Å². The van der Waals surface area contributed by atoms with Crippen molar-refractivity contribution in [1.29, 1.82) is 0 Å². The fourth-order valence-corrected chi connectivity index (χ4v) is 3.82. The minimum absolute atomic E-state index is 0. The van der Waals surface area contributed by atoms with E-state index in [0.29, 0.717) is 11.3 Å². The van der Waals surface area contributed by atoms with E-state index in [-0.39, 0.29) is 29.8 Å². The van der Waals surface area contributed by atoms with Gasteiger partial charge >= 0.3 is 5.97 Å². The molecule has 0 saturated carbocycles. The van der Waals surface area contributed by atoms with Gasteiger partial charge in [-0.05, 0) is 42.0 Å². The molecule has 3 aromatic rings. The molecule has 29 heavy (non-hydrogen) atoms. The van der Waals surface area contributed by atoms with Crippen LogP contribution in [0.4, 0.5) is 10.1 Å². The Morgan fingerprint density at radius 1 is 1.21 bits per heavy atom. The number of nitrogens with one attached hydrogen (secondary N) is 2. The van der Waals surface area contributed by atoms with Crippen LogP contribution >= 0.6 is 24.6 Å². The van der Waals surface area contributed by atoms with Crippen LogP contribution < -0.4 is 5.32 Å². The van der Waals surface area contributed by atoms with E-state index >= 15 is 0 Å². The van der Waals surface area contributed by atoms with Crippen LogP contribution in [-0.2, 0) is 11.2 Å². The van der Waals surface area contributed by atoms with Gasteiger partial charge in [0.05, 0.1) is 12.0 Å². The van der Waals surface area contributed by atoms with Gasteiger partial charge in [-0.1, -0.05) is 30.3 Å². The molecule has 4 rings (SSSR count). The quantitative estimate of drug-likeness (QED) is 0.547. The summed E-state index contributed by atoms with van der Waals surface area (Å²) in [4.78, 5) is 21.1. The second kappa shape index (κ2) is 8.59. The van der Waals surface area contributed by atoms with Crippen molar-refractivity contribution in [3.05, 3.63) is 83.7 Å². The molecule has 3 N–H and O–H groups in total. The summed E-state index contributed by atoms with van der Waals surface area (Å²) in [5.74, 6) is -1.36. The molecule has 1 aromatic heterocycles. The highest BCUT2D eigenvalue weighted by atomic mass is 35.5. The van der Waals surface area contributed by atoms with Crippen LogP contribution in [0.1, 0.15) is 23.0 Å². The molecule has 6 nitrogen and oxygen atoms in total. The van der Waals surface area contributed by atoms with Crippen molar-refractivity contribution < 1.29 is 14.3 Å². The summed E-state index contributed by atoms with van der Waals surface area (Å²) in [7, 11) is 0. The number of carboxylic acid groups (broad SMARTS) is 1. The molecular formula is C20H18ClFN4O2S. The number of imidazole rings is 1.